The molecule has 0 bridgehead atoms. The summed E-state index contributed by atoms with van der Waals surface area (Å²) in [5, 5.41) is 16.4. The van der Waals surface area contributed by atoms with Crippen molar-refractivity contribution in [1.82, 2.24) is 15.2 Å². The molecule has 184 valence electrons. The number of aliphatic hydroxyl groups is 1. The molecular formula is C27H30ClN3O4. The molecule has 1 aromatic heterocycles. The Hall–Kier alpha value is -2.84. The fourth-order valence-electron chi connectivity index (χ4n) is 4.86. The van der Waals surface area contributed by atoms with E-state index in [4.69, 9.17) is 25.8 Å². The van der Waals surface area contributed by atoms with Crippen molar-refractivity contribution in [2.24, 2.45) is 0 Å². The number of nitrogens with zero attached hydrogens (tertiary/aromatic N) is 2. The molecule has 1 unspecified atom stereocenters. The number of fused-ring (bicyclic) bond motifs is 1. The molecule has 3 aromatic rings. The first-order chi connectivity index (χ1) is 17.1. The van der Waals surface area contributed by atoms with Crippen molar-refractivity contribution in [3.8, 4) is 5.75 Å². The van der Waals surface area contributed by atoms with Gasteiger partial charge in [-0.25, -0.2) is 0 Å². The van der Waals surface area contributed by atoms with Crippen LogP contribution in [0.3, 0.4) is 0 Å². The second-order valence-electron chi connectivity index (χ2n) is 8.94. The molecule has 2 atom stereocenters. The van der Waals surface area contributed by atoms with Gasteiger partial charge in [-0.3, -0.25) is 4.98 Å². The van der Waals surface area contributed by atoms with Gasteiger partial charge in [-0.1, -0.05) is 29.8 Å². The highest BCUT2D eigenvalue weighted by Crippen LogP contribution is 2.32. The Labute approximate surface area is 210 Å². The van der Waals surface area contributed by atoms with Crippen molar-refractivity contribution < 1.29 is 19.3 Å². The number of nitrogens with one attached hydrogen (secondary N) is 1. The normalized spacial score (nSPS) is 18.5. The molecule has 35 heavy (non-hydrogen) atoms. The summed E-state index contributed by atoms with van der Waals surface area (Å²) in [4.78, 5) is 6.74. The number of likely N-dealkylation sites (tertiary alicyclic amines) is 1. The highest BCUT2D eigenvalue weighted by atomic mass is 35.5. The van der Waals surface area contributed by atoms with Gasteiger partial charge >= 0.3 is 0 Å². The van der Waals surface area contributed by atoms with Crippen molar-refractivity contribution >= 4 is 22.5 Å². The molecule has 1 fully saturated rings. The first-order valence-electron chi connectivity index (χ1n) is 11.9. The maximum Gasteiger partial charge on any atom is 0.229 e. The van der Waals surface area contributed by atoms with Crippen molar-refractivity contribution in [3.05, 3.63) is 82.9 Å². The first-order valence-corrected chi connectivity index (χ1v) is 12.3. The van der Waals surface area contributed by atoms with Gasteiger partial charge < -0.3 is 29.5 Å². The predicted octanol–water partition coefficient (Wildman–Crippen LogP) is 4.57. The Balaban J connectivity index is 1.23. The summed E-state index contributed by atoms with van der Waals surface area (Å²) in [5.41, 5.74) is 2.70. The maximum atomic E-state index is 11.1. The molecule has 2 aromatic carbocycles. The molecule has 2 aliphatic heterocycles. The van der Waals surface area contributed by atoms with Crippen molar-refractivity contribution in [1.29, 1.82) is 0 Å². The summed E-state index contributed by atoms with van der Waals surface area (Å²) in [5.74, 6) is 1.50. The zero-order valence-electron chi connectivity index (χ0n) is 19.7. The number of β-amino-alcohol motifs (C(OH)–C–C–N with tert-alkyl or cyclic N) is 1. The predicted molar refractivity (Wildman–Crippen MR) is 135 cm³/mol. The van der Waals surface area contributed by atoms with Crippen molar-refractivity contribution in [2.75, 3.05) is 33.5 Å². The lowest BCUT2D eigenvalue weighted by atomic mass is 9.98. The number of piperidine rings is 1. The highest BCUT2D eigenvalue weighted by Gasteiger charge is 2.29. The van der Waals surface area contributed by atoms with Crippen LogP contribution in [-0.4, -0.2) is 54.6 Å². The molecule has 1 saturated heterocycles. The van der Waals surface area contributed by atoms with Crippen molar-refractivity contribution in [2.45, 2.75) is 31.0 Å². The fourth-order valence-corrected chi connectivity index (χ4v) is 5.11. The van der Waals surface area contributed by atoms with Gasteiger partial charge in [-0.2, -0.15) is 0 Å². The SMILES string of the molecule is COc1ccc2nccc([C@@H](O)CN3CCC(NC(C4=COCO4)c4ccccc4Cl)CC3)c2c1. The molecule has 0 saturated carbocycles. The third kappa shape index (κ3) is 5.38. The van der Waals surface area contributed by atoms with Gasteiger partial charge in [0, 0.05) is 29.2 Å². The highest BCUT2D eigenvalue weighted by molar-refractivity contribution is 6.31. The minimum Gasteiger partial charge on any atom is -0.497 e. The minimum atomic E-state index is -0.609. The van der Waals surface area contributed by atoms with E-state index in [1.807, 2.05) is 48.5 Å². The number of rotatable bonds is 8. The monoisotopic (exact) mass is 495 g/mol. The molecule has 0 amide bonds. The van der Waals surface area contributed by atoms with E-state index in [2.05, 4.69) is 15.2 Å². The van der Waals surface area contributed by atoms with Gasteiger partial charge in [0.25, 0.3) is 0 Å². The fraction of sp³-hybridized carbons (Fsp3) is 0.370. The van der Waals surface area contributed by atoms with Crippen LogP contribution in [0, 0.1) is 0 Å². The van der Waals surface area contributed by atoms with Crippen LogP contribution >= 0.6 is 11.6 Å². The van der Waals surface area contributed by atoms with Crippen LogP contribution in [0.25, 0.3) is 10.9 Å². The molecule has 8 heteroatoms. The summed E-state index contributed by atoms with van der Waals surface area (Å²) >= 11 is 6.50. The number of benzene rings is 2. The Bertz CT molecular complexity index is 1200. The number of aromatic nitrogens is 1. The second kappa shape index (κ2) is 10.8. The van der Waals surface area contributed by atoms with Crippen molar-refractivity contribution in [3.63, 3.8) is 0 Å². The molecule has 2 aliphatic rings. The van der Waals surface area contributed by atoms with Gasteiger partial charge in [-0.05, 0) is 67.4 Å². The number of methoxy groups -OCH3 is 1. The first kappa shape index (κ1) is 23.9. The van der Waals surface area contributed by atoms with E-state index >= 15 is 0 Å². The van der Waals surface area contributed by atoms with E-state index in [9.17, 15) is 5.11 Å². The Morgan fingerprint density at radius 3 is 2.74 bits per heavy atom. The van der Waals surface area contributed by atoms with Crippen LogP contribution in [-0.2, 0) is 9.47 Å². The van der Waals surface area contributed by atoms with Crippen LogP contribution in [0.1, 0.15) is 36.1 Å². The molecule has 2 N–H and O–H groups in total. The van der Waals surface area contributed by atoms with Gasteiger partial charge in [0.1, 0.15) is 12.0 Å². The standard InChI is InChI=1S/C27H30ClN3O4/c1-33-19-6-7-24-22(14-19)20(8-11-29-24)25(32)15-31-12-9-18(10-13-31)30-27(26-16-34-17-35-26)21-4-2-3-5-23(21)28/h2-8,11,14,16,18,25,27,30,32H,9-10,12-13,15,17H2,1H3/t25-,27?/m0/s1. The van der Waals surface area contributed by atoms with E-state index in [0.29, 0.717) is 17.6 Å². The van der Waals surface area contributed by atoms with E-state index in [-0.39, 0.29) is 12.8 Å². The van der Waals surface area contributed by atoms with Crippen LogP contribution < -0.4 is 10.1 Å². The summed E-state index contributed by atoms with van der Waals surface area (Å²) in [6.45, 7) is 2.56. The quantitative estimate of drug-likeness (QED) is 0.474. The molecule has 3 heterocycles. The zero-order valence-corrected chi connectivity index (χ0v) is 20.4. The lowest BCUT2D eigenvalue weighted by Gasteiger charge is -2.35. The second-order valence-corrected chi connectivity index (χ2v) is 9.35. The average Bonchev–Trinajstić information content (AvgIpc) is 3.43. The van der Waals surface area contributed by atoms with E-state index in [1.165, 1.54) is 0 Å². The molecule has 5 rings (SSSR count). The summed E-state index contributed by atoms with van der Waals surface area (Å²) in [6, 6.07) is 15.6. The third-order valence-corrected chi connectivity index (χ3v) is 7.10. The minimum absolute atomic E-state index is 0.161. The van der Waals surface area contributed by atoms with Crippen LogP contribution in [0.4, 0.5) is 0 Å². The molecule has 7 nitrogen and oxygen atoms in total. The van der Waals surface area contributed by atoms with Gasteiger partial charge in [0.15, 0.2) is 5.76 Å². The molecule has 0 aliphatic carbocycles. The van der Waals surface area contributed by atoms with Crippen LogP contribution in [0.15, 0.2) is 66.7 Å². The Kier molecular flexibility index (Phi) is 7.39. The Morgan fingerprint density at radius 1 is 1.17 bits per heavy atom. The zero-order chi connectivity index (χ0) is 24.2. The number of pyridine rings is 1. The topological polar surface area (TPSA) is 76.1 Å². The van der Waals surface area contributed by atoms with E-state index < -0.39 is 6.10 Å². The smallest absolute Gasteiger partial charge is 0.229 e. The maximum absolute atomic E-state index is 11.1. The van der Waals surface area contributed by atoms with Crippen LogP contribution in [0.2, 0.25) is 5.02 Å². The van der Waals surface area contributed by atoms with E-state index in [1.54, 1.807) is 19.6 Å². The third-order valence-electron chi connectivity index (χ3n) is 6.76. The lowest BCUT2D eigenvalue weighted by molar-refractivity contribution is 0.0696. The molecule has 0 radical (unpaired) electrons. The summed E-state index contributed by atoms with van der Waals surface area (Å²) < 4.78 is 16.4. The number of hydrogen-bond acceptors (Lipinski definition) is 7. The number of aliphatic hydroxyl groups excluding tert-OH is 1. The average molecular weight is 496 g/mol. The summed E-state index contributed by atoms with van der Waals surface area (Å²) in [7, 11) is 1.64. The number of ether oxygens (including phenoxy) is 3. The number of hydrogen-bond donors (Lipinski definition) is 2. The Morgan fingerprint density at radius 2 is 2.00 bits per heavy atom. The summed E-state index contributed by atoms with van der Waals surface area (Å²) in [6.07, 6.45) is 4.71. The van der Waals surface area contributed by atoms with Gasteiger partial charge in [-0.15, -0.1) is 0 Å². The molecule has 0 spiro atoms. The van der Waals surface area contributed by atoms with Crippen LogP contribution in [0.5, 0.6) is 5.75 Å². The molecular weight excluding hydrogens is 466 g/mol. The number of halogens is 1. The lowest BCUT2D eigenvalue weighted by Crippen LogP contribution is -2.45. The largest absolute Gasteiger partial charge is 0.497 e. The van der Waals surface area contributed by atoms with Gasteiger partial charge in [0.05, 0.1) is 24.8 Å². The van der Waals surface area contributed by atoms with Gasteiger partial charge in [0.2, 0.25) is 6.79 Å². The van der Waals surface area contributed by atoms with E-state index in [0.717, 1.165) is 59.5 Å².